The van der Waals surface area contributed by atoms with Crippen LogP contribution in [-0.4, -0.2) is 24.8 Å². The quantitative estimate of drug-likeness (QED) is 0.688. The van der Waals surface area contributed by atoms with E-state index >= 15 is 0 Å². The van der Waals surface area contributed by atoms with Gasteiger partial charge in [0.2, 0.25) is 5.91 Å². The van der Waals surface area contributed by atoms with E-state index in [1.807, 2.05) is 31.2 Å². The predicted octanol–water partition coefficient (Wildman–Crippen LogP) is 3.16. The number of nitrogens with zero attached hydrogens (tertiary/aromatic N) is 1. The van der Waals surface area contributed by atoms with E-state index in [9.17, 15) is 4.79 Å². The molecule has 0 radical (unpaired) electrons. The van der Waals surface area contributed by atoms with E-state index in [0.717, 1.165) is 22.6 Å². The summed E-state index contributed by atoms with van der Waals surface area (Å²) in [6.07, 6.45) is 0.236. The van der Waals surface area contributed by atoms with Gasteiger partial charge in [0, 0.05) is 0 Å². The van der Waals surface area contributed by atoms with Crippen molar-refractivity contribution in [2.24, 2.45) is 5.10 Å². The number of carbonyl (C=O) groups is 1. The van der Waals surface area contributed by atoms with E-state index in [4.69, 9.17) is 9.47 Å². The van der Waals surface area contributed by atoms with Crippen molar-refractivity contribution in [1.82, 2.24) is 5.43 Å². The van der Waals surface area contributed by atoms with Crippen LogP contribution in [0.4, 0.5) is 0 Å². The summed E-state index contributed by atoms with van der Waals surface area (Å²) in [6.45, 7) is 7.10. The average Bonchev–Trinajstić information content (AvgIpc) is 2.62. The van der Waals surface area contributed by atoms with Crippen molar-refractivity contribution < 1.29 is 14.3 Å². The zero-order valence-electron chi connectivity index (χ0n) is 14.8. The number of ether oxygens (including phenoxy) is 2. The van der Waals surface area contributed by atoms with Crippen LogP contribution >= 0.6 is 0 Å². The van der Waals surface area contributed by atoms with Gasteiger partial charge in [-0.25, -0.2) is 5.43 Å². The molecule has 130 valence electrons. The van der Waals surface area contributed by atoms with E-state index in [1.165, 1.54) is 11.1 Å². The lowest BCUT2D eigenvalue weighted by Crippen LogP contribution is -2.21. The maximum atomic E-state index is 12.1. The molecule has 0 saturated carbocycles. The second kappa shape index (κ2) is 7.38. The molecule has 1 aliphatic rings. The summed E-state index contributed by atoms with van der Waals surface area (Å²) >= 11 is 0. The molecule has 0 spiro atoms. The van der Waals surface area contributed by atoms with Gasteiger partial charge < -0.3 is 9.47 Å². The van der Waals surface area contributed by atoms with Crippen LogP contribution in [0.15, 0.2) is 41.5 Å². The lowest BCUT2D eigenvalue weighted by molar-refractivity contribution is -0.120. The fourth-order valence-corrected chi connectivity index (χ4v) is 2.60. The van der Waals surface area contributed by atoms with Crippen LogP contribution in [0.1, 0.15) is 29.2 Å². The third kappa shape index (κ3) is 4.18. The predicted molar refractivity (Wildman–Crippen MR) is 97.4 cm³/mol. The van der Waals surface area contributed by atoms with Crippen molar-refractivity contribution in [2.45, 2.75) is 27.2 Å². The highest BCUT2D eigenvalue weighted by Crippen LogP contribution is 2.30. The van der Waals surface area contributed by atoms with Crippen LogP contribution < -0.4 is 14.9 Å². The van der Waals surface area contributed by atoms with Crippen molar-refractivity contribution in [3.05, 3.63) is 58.7 Å². The molecule has 25 heavy (non-hydrogen) atoms. The summed E-state index contributed by atoms with van der Waals surface area (Å²) in [5.41, 5.74) is 7.70. The van der Waals surface area contributed by atoms with Gasteiger partial charge in [-0.15, -0.1) is 0 Å². The second-order valence-corrected chi connectivity index (χ2v) is 6.19. The first kappa shape index (κ1) is 17.0. The van der Waals surface area contributed by atoms with Crippen molar-refractivity contribution >= 4 is 11.6 Å². The number of aryl methyl sites for hydroxylation is 2. The number of hydrogen-bond acceptors (Lipinski definition) is 4. The molecule has 0 atom stereocenters. The lowest BCUT2D eigenvalue weighted by Gasteiger charge is -2.18. The number of fused-ring (bicyclic) bond motifs is 1. The number of carbonyl (C=O) groups excluding carboxylic acids is 1. The van der Waals surface area contributed by atoms with Crippen LogP contribution in [0.25, 0.3) is 0 Å². The Kier molecular flexibility index (Phi) is 5.03. The van der Waals surface area contributed by atoms with Gasteiger partial charge in [0.15, 0.2) is 11.5 Å². The number of amides is 1. The van der Waals surface area contributed by atoms with Gasteiger partial charge in [-0.2, -0.15) is 5.10 Å². The molecule has 5 nitrogen and oxygen atoms in total. The van der Waals surface area contributed by atoms with Gasteiger partial charge in [0.25, 0.3) is 0 Å². The SMILES string of the molecule is C/C(=N/NC(=O)Cc1ccc2c(c1)OCCO2)c1ccc(C)c(C)c1. The summed E-state index contributed by atoms with van der Waals surface area (Å²) in [6, 6.07) is 11.7. The zero-order valence-corrected chi connectivity index (χ0v) is 14.8. The molecule has 2 aromatic carbocycles. The largest absolute Gasteiger partial charge is 0.486 e. The molecule has 1 heterocycles. The Labute approximate surface area is 147 Å². The van der Waals surface area contributed by atoms with E-state index in [-0.39, 0.29) is 12.3 Å². The third-order valence-corrected chi connectivity index (χ3v) is 4.24. The fraction of sp³-hybridized carbons (Fsp3) is 0.300. The van der Waals surface area contributed by atoms with Gasteiger partial charge >= 0.3 is 0 Å². The van der Waals surface area contributed by atoms with Crippen LogP contribution in [0, 0.1) is 13.8 Å². The highest BCUT2D eigenvalue weighted by molar-refractivity contribution is 5.99. The zero-order chi connectivity index (χ0) is 17.8. The molecule has 1 amide bonds. The second-order valence-electron chi connectivity index (χ2n) is 6.19. The first-order valence-corrected chi connectivity index (χ1v) is 8.32. The maximum absolute atomic E-state index is 12.1. The minimum atomic E-state index is -0.167. The van der Waals surface area contributed by atoms with Gasteiger partial charge in [0.1, 0.15) is 13.2 Å². The van der Waals surface area contributed by atoms with Crippen molar-refractivity contribution in [3.63, 3.8) is 0 Å². The Bertz CT molecular complexity index is 828. The summed E-state index contributed by atoms with van der Waals surface area (Å²) in [5.74, 6) is 1.24. The molecule has 3 rings (SSSR count). The number of rotatable bonds is 4. The molecule has 5 heteroatoms. The van der Waals surface area contributed by atoms with Crippen molar-refractivity contribution in [2.75, 3.05) is 13.2 Å². The van der Waals surface area contributed by atoms with E-state index in [0.29, 0.717) is 19.0 Å². The molecule has 0 fully saturated rings. The Hall–Kier alpha value is -2.82. The van der Waals surface area contributed by atoms with Crippen LogP contribution in [0.5, 0.6) is 11.5 Å². The van der Waals surface area contributed by atoms with Crippen molar-refractivity contribution in [1.29, 1.82) is 0 Å². The van der Waals surface area contributed by atoms with Gasteiger partial charge in [-0.3, -0.25) is 4.79 Å². The first-order chi connectivity index (χ1) is 12.0. The van der Waals surface area contributed by atoms with E-state index in [2.05, 4.69) is 36.5 Å². The monoisotopic (exact) mass is 338 g/mol. The van der Waals surface area contributed by atoms with Gasteiger partial charge in [-0.1, -0.05) is 18.2 Å². The number of benzene rings is 2. The topological polar surface area (TPSA) is 59.9 Å². The molecular formula is C20H22N2O3. The Morgan fingerprint density at radius 2 is 1.80 bits per heavy atom. The van der Waals surface area contributed by atoms with Gasteiger partial charge in [-0.05, 0) is 61.2 Å². The molecule has 0 saturated heterocycles. The highest BCUT2D eigenvalue weighted by Gasteiger charge is 2.13. The highest BCUT2D eigenvalue weighted by atomic mass is 16.6. The van der Waals surface area contributed by atoms with Crippen LogP contribution in [0.3, 0.4) is 0 Å². The number of hydrogen-bond donors (Lipinski definition) is 1. The van der Waals surface area contributed by atoms with Gasteiger partial charge in [0.05, 0.1) is 12.1 Å². The molecule has 1 N–H and O–H groups in total. The summed E-state index contributed by atoms with van der Waals surface area (Å²) in [5, 5.41) is 4.21. The minimum absolute atomic E-state index is 0.167. The third-order valence-electron chi connectivity index (χ3n) is 4.24. The first-order valence-electron chi connectivity index (χ1n) is 8.32. The Morgan fingerprint density at radius 3 is 2.56 bits per heavy atom. The standard InChI is InChI=1S/C20H22N2O3/c1-13-4-6-17(10-14(13)2)15(3)21-22-20(23)12-16-5-7-18-19(11-16)25-9-8-24-18/h4-7,10-11H,8-9,12H2,1-3H3,(H,22,23)/b21-15-. The van der Waals surface area contributed by atoms with E-state index < -0.39 is 0 Å². The number of nitrogens with one attached hydrogen (secondary N) is 1. The minimum Gasteiger partial charge on any atom is -0.486 e. The average molecular weight is 338 g/mol. The normalized spacial score (nSPS) is 13.5. The molecule has 0 unspecified atom stereocenters. The molecule has 2 aromatic rings. The maximum Gasteiger partial charge on any atom is 0.244 e. The Morgan fingerprint density at radius 1 is 1.04 bits per heavy atom. The molecule has 1 aliphatic heterocycles. The molecule has 0 aromatic heterocycles. The molecule has 0 aliphatic carbocycles. The molecular weight excluding hydrogens is 316 g/mol. The lowest BCUT2D eigenvalue weighted by atomic mass is 10.0. The summed E-state index contributed by atoms with van der Waals surface area (Å²) in [4.78, 5) is 12.1. The summed E-state index contributed by atoms with van der Waals surface area (Å²) in [7, 11) is 0. The smallest absolute Gasteiger partial charge is 0.244 e. The summed E-state index contributed by atoms with van der Waals surface area (Å²) < 4.78 is 11.0. The van der Waals surface area contributed by atoms with Crippen molar-refractivity contribution in [3.8, 4) is 11.5 Å². The Balaban J connectivity index is 1.63. The number of hydrazone groups is 1. The van der Waals surface area contributed by atoms with Crippen LogP contribution in [-0.2, 0) is 11.2 Å². The van der Waals surface area contributed by atoms with Crippen LogP contribution in [0.2, 0.25) is 0 Å². The fourth-order valence-electron chi connectivity index (χ4n) is 2.60. The van der Waals surface area contributed by atoms with E-state index in [1.54, 1.807) is 0 Å². The molecule has 0 bridgehead atoms.